The maximum atomic E-state index is 5.59. The molecule has 0 bridgehead atoms. The fourth-order valence-electron chi connectivity index (χ4n) is 10.00. The summed E-state index contributed by atoms with van der Waals surface area (Å²) in [6.45, 7) is 11.2. The molecule has 0 fully saturated rings. The van der Waals surface area contributed by atoms with Crippen molar-refractivity contribution in [3.05, 3.63) is 47.9 Å². The van der Waals surface area contributed by atoms with Crippen LogP contribution in [-0.2, 0) is 0 Å². The molecular weight excluding hydrogens is 781 g/mol. The van der Waals surface area contributed by atoms with Crippen molar-refractivity contribution in [3.63, 3.8) is 0 Å². The molecule has 8 N–H and O–H groups in total. The van der Waals surface area contributed by atoms with Gasteiger partial charge in [-0.25, -0.2) is 0 Å². The predicted molar refractivity (Wildman–Crippen MR) is 284 cm³/mol. The number of quaternary nitrogens is 2. The van der Waals surface area contributed by atoms with E-state index in [2.05, 4.69) is 47.3 Å². The lowest BCUT2D eigenvalue weighted by Crippen LogP contribution is -3.07. The van der Waals surface area contributed by atoms with Gasteiger partial charge in [-0.1, -0.05) is 192 Å². The molecule has 2 heterocycles. The first-order valence-electron chi connectivity index (χ1n) is 29.1. The average molecular weight is 896 g/mol. The smallest absolute Gasteiger partial charge is 0.100 e. The summed E-state index contributed by atoms with van der Waals surface area (Å²) in [5.41, 5.74) is 14.3. The standard InChI is InChI=1S/C58H112N6/c59-45-33-27-21-15-9-4-1-2-6-11-17-23-29-35-51-63-53-38-44-58(56-63)42-32-26-20-14-8-12-18-24-30-36-52-64-54-37-43-57(55-64)41-31-25-19-13-7-3-5-10-16-22-28-34-47-61-49-40-50-62-48-39-46-60/h37-38,43-44,55-56,61-62H,1-36,39-42,45-54,59-60H2/p+2. The Balaban J connectivity index is 1.28. The zero-order valence-electron chi connectivity index (χ0n) is 43.0. The molecule has 0 saturated heterocycles. The number of nitrogens with two attached hydrogens (primary N) is 2. The van der Waals surface area contributed by atoms with Crippen molar-refractivity contribution in [2.45, 2.75) is 257 Å². The zero-order valence-corrected chi connectivity index (χ0v) is 43.0. The van der Waals surface area contributed by atoms with E-state index in [1.165, 1.54) is 283 Å². The van der Waals surface area contributed by atoms with Crippen LogP contribution in [0.15, 0.2) is 47.9 Å². The van der Waals surface area contributed by atoms with E-state index in [0.29, 0.717) is 0 Å². The van der Waals surface area contributed by atoms with Gasteiger partial charge in [-0.2, -0.15) is 0 Å². The SMILES string of the molecule is NCCCCCCCCCCCCCCCC[NH+]1C=C(CCCCCCCCCCCC[NH+]2C=C(CCCCCCCCCCCCCCNCCCNCCCN)C=CC2)C=CC1. The summed E-state index contributed by atoms with van der Waals surface area (Å²) in [6, 6.07) is 0. The van der Waals surface area contributed by atoms with Gasteiger partial charge in [0.05, 0.1) is 25.5 Å². The van der Waals surface area contributed by atoms with Crippen LogP contribution in [-0.4, -0.2) is 65.4 Å². The van der Waals surface area contributed by atoms with Crippen molar-refractivity contribution in [3.8, 4) is 0 Å². The Morgan fingerprint density at radius 3 is 0.953 bits per heavy atom. The molecule has 0 spiro atoms. The van der Waals surface area contributed by atoms with Crippen molar-refractivity contribution < 1.29 is 9.80 Å². The number of hydrogen-bond donors (Lipinski definition) is 6. The van der Waals surface area contributed by atoms with Crippen molar-refractivity contribution in [2.75, 3.05) is 65.4 Å². The maximum absolute atomic E-state index is 5.59. The van der Waals surface area contributed by atoms with Crippen molar-refractivity contribution in [1.82, 2.24) is 10.6 Å². The molecule has 64 heavy (non-hydrogen) atoms. The monoisotopic (exact) mass is 895 g/mol. The van der Waals surface area contributed by atoms with Gasteiger partial charge < -0.3 is 31.9 Å². The lowest BCUT2D eigenvalue weighted by molar-refractivity contribution is -0.842. The quantitative estimate of drug-likeness (QED) is 0.0344. The minimum absolute atomic E-state index is 0.792. The van der Waals surface area contributed by atoms with Crippen molar-refractivity contribution >= 4 is 0 Å². The van der Waals surface area contributed by atoms with E-state index in [9.17, 15) is 0 Å². The Morgan fingerprint density at radius 1 is 0.312 bits per heavy atom. The molecule has 0 amide bonds. The van der Waals surface area contributed by atoms with E-state index in [4.69, 9.17) is 11.5 Å². The normalized spacial score (nSPS) is 16.2. The van der Waals surface area contributed by atoms with Crippen LogP contribution in [0.3, 0.4) is 0 Å². The summed E-state index contributed by atoms with van der Waals surface area (Å²) in [7, 11) is 0. The Bertz CT molecular complexity index is 1080. The summed E-state index contributed by atoms with van der Waals surface area (Å²) in [6.07, 6.45) is 70.7. The Labute approximate surface area is 400 Å². The first-order valence-corrected chi connectivity index (χ1v) is 29.1. The molecule has 6 nitrogen and oxygen atoms in total. The van der Waals surface area contributed by atoms with Crippen LogP contribution in [0.25, 0.3) is 0 Å². The molecule has 2 atom stereocenters. The molecule has 2 unspecified atom stereocenters. The lowest BCUT2D eigenvalue weighted by atomic mass is 10.0. The van der Waals surface area contributed by atoms with Gasteiger partial charge in [-0.15, -0.1) is 0 Å². The molecule has 0 aromatic heterocycles. The van der Waals surface area contributed by atoms with Gasteiger partial charge in [0.1, 0.15) is 13.1 Å². The third kappa shape index (κ3) is 39.8. The van der Waals surface area contributed by atoms with Crippen LogP contribution in [0.5, 0.6) is 0 Å². The minimum Gasteiger partial charge on any atom is -0.330 e. The van der Waals surface area contributed by atoms with Crippen LogP contribution >= 0.6 is 0 Å². The van der Waals surface area contributed by atoms with Crippen LogP contribution in [0, 0.1) is 0 Å². The van der Waals surface area contributed by atoms with E-state index in [1.807, 2.05) is 0 Å². The van der Waals surface area contributed by atoms with Gasteiger partial charge in [0.15, 0.2) is 0 Å². The highest BCUT2D eigenvalue weighted by atomic mass is 15.1. The second kappa shape index (κ2) is 48.2. The van der Waals surface area contributed by atoms with E-state index < -0.39 is 0 Å². The van der Waals surface area contributed by atoms with Crippen LogP contribution in [0.2, 0.25) is 0 Å². The van der Waals surface area contributed by atoms with Gasteiger partial charge in [-0.05, 0) is 128 Å². The van der Waals surface area contributed by atoms with E-state index in [0.717, 1.165) is 39.1 Å². The zero-order chi connectivity index (χ0) is 45.3. The number of rotatable bonds is 51. The molecule has 2 aliphatic rings. The molecule has 0 aliphatic carbocycles. The fraction of sp³-hybridized carbons (Fsp3) is 0.862. The largest absolute Gasteiger partial charge is 0.330 e. The Morgan fingerprint density at radius 2 is 0.594 bits per heavy atom. The summed E-state index contributed by atoms with van der Waals surface area (Å²) in [4.78, 5) is 3.39. The van der Waals surface area contributed by atoms with Crippen LogP contribution in [0.4, 0.5) is 0 Å². The molecule has 374 valence electrons. The average Bonchev–Trinajstić information content (AvgIpc) is 3.31. The molecule has 0 radical (unpaired) electrons. The predicted octanol–water partition coefficient (Wildman–Crippen LogP) is 12.4. The van der Waals surface area contributed by atoms with Crippen LogP contribution in [0.1, 0.15) is 257 Å². The van der Waals surface area contributed by atoms with Crippen molar-refractivity contribution in [1.29, 1.82) is 0 Å². The molecule has 2 aliphatic heterocycles. The second-order valence-corrected chi connectivity index (χ2v) is 20.5. The minimum atomic E-state index is 0.792. The summed E-state index contributed by atoms with van der Waals surface area (Å²) in [5, 5.41) is 7.05. The third-order valence-electron chi connectivity index (χ3n) is 14.2. The third-order valence-corrected chi connectivity index (χ3v) is 14.2. The molecule has 0 aromatic carbocycles. The molecule has 2 rings (SSSR count). The van der Waals surface area contributed by atoms with E-state index in [1.54, 1.807) is 20.9 Å². The Kier molecular flexibility index (Phi) is 44.3. The van der Waals surface area contributed by atoms with E-state index >= 15 is 0 Å². The van der Waals surface area contributed by atoms with Gasteiger partial charge >= 0.3 is 0 Å². The van der Waals surface area contributed by atoms with E-state index in [-0.39, 0.29) is 0 Å². The van der Waals surface area contributed by atoms with Gasteiger partial charge in [-0.3, -0.25) is 0 Å². The molecule has 0 aromatic rings. The summed E-state index contributed by atoms with van der Waals surface area (Å²) < 4.78 is 0. The maximum Gasteiger partial charge on any atom is 0.100 e. The lowest BCUT2D eigenvalue weighted by Gasteiger charge is -2.18. The summed E-state index contributed by atoms with van der Waals surface area (Å²) >= 11 is 0. The number of nitrogens with one attached hydrogen (secondary N) is 4. The number of unbranched alkanes of at least 4 members (excludes halogenated alkanes) is 33. The molecule has 0 saturated carbocycles. The fourth-order valence-corrected chi connectivity index (χ4v) is 10.00. The van der Waals surface area contributed by atoms with Gasteiger partial charge in [0.2, 0.25) is 0 Å². The van der Waals surface area contributed by atoms with Crippen molar-refractivity contribution in [2.24, 2.45) is 11.5 Å². The highest BCUT2D eigenvalue weighted by Crippen LogP contribution is 2.17. The first kappa shape index (κ1) is 58.8. The highest BCUT2D eigenvalue weighted by molar-refractivity contribution is 5.18. The summed E-state index contributed by atoms with van der Waals surface area (Å²) in [5.74, 6) is 0. The number of allylic oxidation sites excluding steroid dienone is 4. The molecule has 6 heteroatoms. The topological polar surface area (TPSA) is 85.0 Å². The van der Waals surface area contributed by atoms with Gasteiger partial charge in [0.25, 0.3) is 0 Å². The first-order chi connectivity index (χ1) is 31.8. The molecular formula is C58H114N6+2. The van der Waals surface area contributed by atoms with Crippen LogP contribution < -0.4 is 31.9 Å². The van der Waals surface area contributed by atoms with Gasteiger partial charge in [0, 0.05) is 11.1 Å². The highest BCUT2D eigenvalue weighted by Gasteiger charge is 2.11. The number of hydrogen-bond acceptors (Lipinski definition) is 4. The Hall–Kier alpha value is -1.28. The second-order valence-electron chi connectivity index (χ2n) is 20.5.